The van der Waals surface area contributed by atoms with Crippen LogP contribution >= 0.6 is 0 Å². The fourth-order valence-corrected chi connectivity index (χ4v) is 0.802. The molecule has 0 aromatic carbocycles. The maximum atomic E-state index is 10.3. The van der Waals surface area contributed by atoms with Crippen LogP contribution in [0.2, 0.25) is 0 Å². The van der Waals surface area contributed by atoms with Crippen LogP contribution in [0, 0.1) is 0 Å². The lowest BCUT2D eigenvalue weighted by Crippen LogP contribution is -2.07. The molecule has 0 amide bonds. The predicted molar refractivity (Wildman–Crippen MR) is 65.9 cm³/mol. The van der Waals surface area contributed by atoms with Crippen molar-refractivity contribution in [2.24, 2.45) is 0 Å². The van der Waals surface area contributed by atoms with Gasteiger partial charge in [-0.1, -0.05) is 13.3 Å². The van der Waals surface area contributed by atoms with Crippen LogP contribution in [0.5, 0.6) is 0 Å². The number of rotatable bonds is 9. The zero-order valence-electron chi connectivity index (χ0n) is 11.2. The molecule has 0 fully saturated rings. The minimum atomic E-state index is -0.246. The predicted octanol–water partition coefficient (Wildman–Crippen LogP) is 1.38. The standard InChI is InChI=1S/C8H16O3.C4H10O2/c1-3-4-5-10-6-7-11-8(2)9;1-2-6-4-3-5/h3-7H2,1-2H3;5H,2-4H2,1H3. The van der Waals surface area contributed by atoms with E-state index in [9.17, 15) is 4.79 Å². The van der Waals surface area contributed by atoms with Gasteiger partial charge in [-0.2, -0.15) is 0 Å². The summed E-state index contributed by atoms with van der Waals surface area (Å²) in [7, 11) is 0. The Hall–Kier alpha value is -0.650. The second kappa shape index (κ2) is 17.7. The van der Waals surface area contributed by atoms with Gasteiger partial charge in [-0.25, -0.2) is 0 Å². The molecule has 0 heterocycles. The van der Waals surface area contributed by atoms with E-state index in [2.05, 4.69) is 11.7 Å². The molecule has 0 saturated heterocycles. The maximum Gasteiger partial charge on any atom is 0.302 e. The minimum absolute atomic E-state index is 0.133. The van der Waals surface area contributed by atoms with Crippen LogP contribution in [0.4, 0.5) is 0 Å². The molecule has 0 aliphatic rings. The number of carbonyl (C=O) groups is 1. The van der Waals surface area contributed by atoms with Gasteiger partial charge in [-0.3, -0.25) is 4.79 Å². The average Bonchev–Trinajstić information content (AvgIpc) is 2.31. The SMILES string of the molecule is CCCCOCCOC(C)=O.CCOCCO. The highest BCUT2D eigenvalue weighted by molar-refractivity contribution is 5.65. The number of esters is 1. The fraction of sp³-hybridized carbons (Fsp3) is 0.917. The molecule has 17 heavy (non-hydrogen) atoms. The van der Waals surface area contributed by atoms with Gasteiger partial charge in [0.1, 0.15) is 6.61 Å². The van der Waals surface area contributed by atoms with Crippen molar-refractivity contribution in [2.45, 2.75) is 33.6 Å². The van der Waals surface area contributed by atoms with Crippen molar-refractivity contribution in [1.82, 2.24) is 0 Å². The van der Waals surface area contributed by atoms with E-state index in [1.54, 1.807) is 0 Å². The van der Waals surface area contributed by atoms with Crippen molar-refractivity contribution in [3.8, 4) is 0 Å². The van der Waals surface area contributed by atoms with E-state index < -0.39 is 0 Å². The summed E-state index contributed by atoms with van der Waals surface area (Å²) in [5, 5.41) is 8.07. The van der Waals surface area contributed by atoms with Crippen LogP contribution < -0.4 is 0 Å². The molecule has 0 aromatic heterocycles. The number of hydrogen-bond donors (Lipinski definition) is 1. The molecule has 5 heteroatoms. The van der Waals surface area contributed by atoms with Crippen molar-refractivity contribution >= 4 is 5.97 Å². The van der Waals surface area contributed by atoms with Gasteiger partial charge in [-0.05, 0) is 13.3 Å². The molecular weight excluding hydrogens is 224 g/mol. The number of carbonyl (C=O) groups excluding carboxylic acids is 1. The highest BCUT2D eigenvalue weighted by Crippen LogP contribution is 1.87. The van der Waals surface area contributed by atoms with Gasteiger partial charge in [0.2, 0.25) is 0 Å². The lowest BCUT2D eigenvalue weighted by Gasteiger charge is -2.02. The Kier molecular flexibility index (Phi) is 19.5. The third-order valence-corrected chi connectivity index (χ3v) is 1.61. The van der Waals surface area contributed by atoms with E-state index in [0.29, 0.717) is 26.4 Å². The van der Waals surface area contributed by atoms with Gasteiger partial charge in [-0.15, -0.1) is 0 Å². The van der Waals surface area contributed by atoms with E-state index in [0.717, 1.165) is 19.4 Å². The first kappa shape index (κ1) is 18.7. The Balaban J connectivity index is 0. The quantitative estimate of drug-likeness (QED) is 0.495. The minimum Gasteiger partial charge on any atom is -0.463 e. The fourth-order valence-electron chi connectivity index (χ4n) is 0.802. The summed E-state index contributed by atoms with van der Waals surface area (Å²) in [5.74, 6) is -0.246. The van der Waals surface area contributed by atoms with Crippen molar-refractivity contribution in [1.29, 1.82) is 0 Å². The highest BCUT2D eigenvalue weighted by Gasteiger charge is 1.91. The van der Waals surface area contributed by atoms with Crippen molar-refractivity contribution in [2.75, 3.05) is 39.6 Å². The first-order chi connectivity index (χ1) is 8.18. The Morgan fingerprint density at radius 3 is 2.18 bits per heavy atom. The van der Waals surface area contributed by atoms with Gasteiger partial charge >= 0.3 is 5.97 Å². The number of hydrogen-bond acceptors (Lipinski definition) is 5. The first-order valence-corrected chi connectivity index (χ1v) is 6.08. The Bertz CT molecular complexity index is 146. The molecule has 0 bridgehead atoms. The highest BCUT2D eigenvalue weighted by atomic mass is 16.6. The summed E-state index contributed by atoms with van der Waals surface area (Å²) in [4.78, 5) is 10.3. The van der Waals surface area contributed by atoms with Crippen molar-refractivity contribution < 1.29 is 24.1 Å². The second-order valence-electron chi connectivity index (χ2n) is 3.23. The molecule has 0 radical (unpaired) electrons. The number of aliphatic hydroxyl groups excluding tert-OH is 1. The lowest BCUT2D eigenvalue weighted by molar-refractivity contribution is -0.142. The van der Waals surface area contributed by atoms with Crippen molar-refractivity contribution in [3.63, 3.8) is 0 Å². The summed E-state index contributed by atoms with van der Waals surface area (Å²) in [6.07, 6.45) is 2.20. The molecule has 0 rings (SSSR count). The topological polar surface area (TPSA) is 65.0 Å². The smallest absolute Gasteiger partial charge is 0.302 e. The Labute approximate surface area is 104 Å². The van der Waals surface area contributed by atoms with Crippen LogP contribution in [0.1, 0.15) is 33.6 Å². The van der Waals surface area contributed by atoms with E-state index in [1.165, 1.54) is 6.92 Å². The third kappa shape index (κ3) is 25.5. The molecular formula is C12H26O5. The van der Waals surface area contributed by atoms with Crippen LogP contribution in [-0.2, 0) is 19.0 Å². The van der Waals surface area contributed by atoms with Gasteiger partial charge in [0, 0.05) is 20.1 Å². The van der Waals surface area contributed by atoms with Crippen molar-refractivity contribution in [3.05, 3.63) is 0 Å². The molecule has 5 nitrogen and oxygen atoms in total. The molecule has 0 saturated carbocycles. The zero-order chi connectivity index (χ0) is 13.4. The largest absolute Gasteiger partial charge is 0.463 e. The summed E-state index contributed by atoms with van der Waals surface area (Å²) in [6, 6.07) is 0. The van der Waals surface area contributed by atoms with Gasteiger partial charge in [0.15, 0.2) is 0 Å². The number of ether oxygens (including phenoxy) is 3. The van der Waals surface area contributed by atoms with Crippen LogP contribution in [0.25, 0.3) is 0 Å². The molecule has 0 atom stereocenters. The normalized spacial score (nSPS) is 9.41. The Morgan fingerprint density at radius 1 is 1.06 bits per heavy atom. The molecule has 0 spiro atoms. The van der Waals surface area contributed by atoms with E-state index in [4.69, 9.17) is 14.6 Å². The number of aliphatic hydroxyl groups is 1. The Morgan fingerprint density at radius 2 is 1.76 bits per heavy atom. The van der Waals surface area contributed by atoms with Gasteiger partial charge < -0.3 is 19.3 Å². The molecule has 0 aromatic rings. The van der Waals surface area contributed by atoms with Gasteiger partial charge in [0.25, 0.3) is 0 Å². The molecule has 104 valence electrons. The summed E-state index contributed by atoms with van der Waals surface area (Å²) in [5.41, 5.74) is 0. The summed E-state index contributed by atoms with van der Waals surface area (Å²) < 4.78 is 14.5. The molecule has 1 N–H and O–H groups in total. The summed E-state index contributed by atoms with van der Waals surface area (Å²) >= 11 is 0. The third-order valence-electron chi connectivity index (χ3n) is 1.61. The first-order valence-electron chi connectivity index (χ1n) is 6.08. The van der Waals surface area contributed by atoms with E-state index >= 15 is 0 Å². The number of unbranched alkanes of at least 4 members (excludes halogenated alkanes) is 1. The van der Waals surface area contributed by atoms with Crippen LogP contribution in [-0.4, -0.2) is 50.7 Å². The zero-order valence-corrected chi connectivity index (χ0v) is 11.2. The maximum absolute atomic E-state index is 10.3. The lowest BCUT2D eigenvalue weighted by atomic mass is 10.4. The van der Waals surface area contributed by atoms with Crippen LogP contribution in [0.15, 0.2) is 0 Å². The van der Waals surface area contributed by atoms with E-state index in [-0.39, 0.29) is 12.6 Å². The summed E-state index contributed by atoms with van der Waals surface area (Å²) in [6.45, 7) is 8.35. The van der Waals surface area contributed by atoms with Gasteiger partial charge in [0.05, 0.1) is 19.8 Å². The van der Waals surface area contributed by atoms with E-state index in [1.807, 2.05) is 6.92 Å². The molecule has 0 unspecified atom stereocenters. The molecule has 0 aliphatic carbocycles. The van der Waals surface area contributed by atoms with Crippen LogP contribution in [0.3, 0.4) is 0 Å². The average molecular weight is 250 g/mol. The monoisotopic (exact) mass is 250 g/mol. The second-order valence-corrected chi connectivity index (χ2v) is 3.23. The molecule has 0 aliphatic heterocycles.